The van der Waals surface area contributed by atoms with Gasteiger partial charge in [0.05, 0.1) is 22.0 Å². The maximum Gasteiger partial charge on any atom is 0.263 e. The summed E-state index contributed by atoms with van der Waals surface area (Å²) in [5, 5.41) is 3.13. The highest BCUT2D eigenvalue weighted by Crippen LogP contribution is 2.47. The molecule has 0 bridgehead atoms. The molecule has 1 saturated carbocycles. The number of piperidine rings is 1. The molecule has 1 aliphatic heterocycles. The second kappa shape index (κ2) is 7.87. The summed E-state index contributed by atoms with van der Waals surface area (Å²) in [6.07, 6.45) is 4.20. The SMILES string of the molecule is C[C@@H](NC(=O)[C@@H]1C[C@H]1c1nc2ccccc2[nH]1)c1ccc(C(=O)N2CCCCC2)s1. The number of fused-ring (bicyclic) bond motifs is 1. The number of aromatic amines is 1. The van der Waals surface area contributed by atoms with Gasteiger partial charge in [-0.2, -0.15) is 0 Å². The van der Waals surface area contributed by atoms with Crippen LogP contribution in [-0.2, 0) is 4.79 Å². The van der Waals surface area contributed by atoms with Crippen molar-refractivity contribution in [3.63, 3.8) is 0 Å². The van der Waals surface area contributed by atoms with Crippen LogP contribution in [0.25, 0.3) is 11.0 Å². The first-order chi connectivity index (χ1) is 14.6. The van der Waals surface area contributed by atoms with Gasteiger partial charge >= 0.3 is 0 Å². The molecule has 1 aliphatic carbocycles. The molecule has 7 heteroatoms. The lowest BCUT2D eigenvalue weighted by Crippen LogP contribution is -2.35. The Balaban J connectivity index is 1.19. The van der Waals surface area contributed by atoms with Crippen molar-refractivity contribution >= 4 is 34.2 Å². The maximum atomic E-state index is 12.8. The number of thiophene rings is 1. The van der Waals surface area contributed by atoms with Crippen LogP contribution in [0.15, 0.2) is 36.4 Å². The van der Waals surface area contributed by atoms with E-state index in [-0.39, 0.29) is 29.7 Å². The Morgan fingerprint density at radius 1 is 1.17 bits per heavy atom. The minimum Gasteiger partial charge on any atom is -0.349 e. The van der Waals surface area contributed by atoms with Gasteiger partial charge in [0.1, 0.15) is 5.82 Å². The van der Waals surface area contributed by atoms with Gasteiger partial charge in [-0.25, -0.2) is 4.98 Å². The van der Waals surface area contributed by atoms with Crippen molar-refractivity contribution in [2.24, 2.45) is 5.92 Å². The Morgan fingerprint density at radius 2 is 1.97 bits per heavy atom. The number of amides is 2. The van der Waals surface area contributed by atoms with E-state index in [9.17, 15) is 9.59 Å². The predicted octanol–water partition coefficient (Wildman–Crippen LogP) is 4.23. The summed E-state index contributed by atoms with van der Waals surface area (Å²) in [4.78, 5) is 37.2. The number of para-hydroxylation sites is 2. The number of nitrogens with one attached hydrogen (secondary N) is 2. The lowest BCUT2D eigenvalue weighted by Gasteiger charge is -2.26. The van der Waals surface area contributed by atoms with E-state index in [4.69, 9.17) is 0 Å². The van der Waals surface area contributed by atoms with Gasteiger partial charge in [-0.3, -0.25) is 9.59 Å². The van der Waals surface area contributed by atoms with E-state index in [2.05, 4.69) is 15.3 Å². The molecule has 30 heavy (non-hydrogen) atoms. The third-order valence-electron chi connectivity index (χ3n) is 6.15. The third-order valence-corrected chi connectivity index (χ3v) is 7.41. The molecule has 3 heterocycles. The molecule has 2 N–H and O–H groups in total. The van der Waals surface area contributed by atoms with Gasteiger partial charge in [0.2, 0.25) is 5.91 Å². The first-order valence-corrected chi connectivity index (χ1v) is 11.6. The number of likely N-dealkylation sites (tertiary alicyclic amines) is 1. The third kappa shape index (κ3) is 3.74. The summed E-state index contributed by atoms with van der Waals surface area (Å²) >= 11 is 1.49. The Bertz CT molecular complexity index is 1050. The number of benzene rings is 1. The Morgan fingerprint density at radius 3 is 2.77 bits per heavy atom. The molecule has 156 valence electrons. The molecular weight excluding hydrogens is 396 g/mol. The standard InChI is InChI=1S/C23H26N4O2S/c1-14(19-9-10-20(30-19)23(29)27-11-5-2-6-12-27)24-22(28)16-13-15(16)21-25-17-7-3-4-8-18(17)26-21/h3-4,7-10,14-16H,2,5-6,11-13H2,1H3,(H,24,28)(H,25,26)/t14-,15-,16-/m1/s1. The summed E-state index contributed by atoms with van der Waals surface area (Å²) in [6, 6.07) is 11.7. The molecule has 2 amide bonds. The topological polar surface area (TPSA) is 78.1 Å². The maximum absolute atomic E-state index is 12.8. The van der Waals surface area contributed by atoms with Crippen LogP contribution in [0.3, 0.4) is 0 Å². The molecule has 2 aliphatic rings. The van der Waals surface area contributed by atoms with Gasteiger partial charge in [0, 0.05) is 29.8 Å². The molecule has 3 atom stereocenters. The van der Waals surface area contributed by atoms with Crippen LogP contribution in [0.2, 0.25) is 0 Å². The molecule has 1 aromatic carbocycles. The molecule has 2 aromatic heterocycles. The largest absolute Gasteiger partial charge is 0.349 e. The first-order valence-electron chi connectivity index (χ1n) is 10.7. The van der Waals surface area contributed by atoms with Crippen LogP contribution in [-0.4, -0.2) is 39.8 Å². The number of imidazole rings is 1. The second-order valence-electron chi connectivity index (χ2n) is 8.37. The number of carbonyl (C=O) groups excluding carboxylic acids is 2. The highest BCUT2D eigenvalue weighted by Gasteiger charge is 2.46. The fourth-order valence-electron chi connectivity index (χ4n) is 4.28. The van der Waals surface area contributed by atoms with Gasteiger partial charge in [-0.15, -0.1) is 11.3 Å². The average Bonchev–Trinajstić information content (AvgIpc) is 3.21. The normalized spacial score (nSPS) is 22.1. The lowest BCUT2D eigenvalue weighted by molar-refractivity contribution is -0.123. The summed E-state index contributed by atoms with van der Waals surface area (Å²) < 4.78 is 0. The van der Waals surface area contributed by atoms with Crippen LogP contribution in [0.1, 0.15) is 64.9 Å². The Labute approximate surface area is 179 Å². The van der Waals surface area contributed by atoms with E-state index >= 15 is 0 Å². The zero-order valence-corrected chi connectivity index (χ0v) is 17.9. The second-order valence-corrected chi connectivity index (χ2v) is 9.49. The number of hydrogen-bond donors (Lipinski definition) is 2. The number of aromatic nitrogens is 2. The molecule has 0 unspecified atom stereocenters. The van der Waals surface area contributed by atoms with Gasteiger partial charge in [-0.1, -0.05) is 12.1 Å². The fourth-order valence-corrected chi connectivity index (χ4v) is 5.26. The van der Waals surface area contributed by atoms with Crippen LogP contribution in [0, 0.1) is 5.92 Å². The van der Waals surface area contributed by atoms with Crippen LogP contribution >= 0.6 is 11.3 Å². The number of H-pyrrole nitrogens is 1. The lowest BCUT2D eigenvalue weighted by atomic mass is 10.1. The van der Waals surface area contributed by atoms with Crippen LogP contribution < -0.4 is 5.32 Å². The van der Waals surface area contributed by atoms with Gasteiger partial charge in [-0.05, 0) is 56.9 Å². The highest BCUT2D eigenvalue weighted by atomic mass is 32.1. The molecule has 0 spiro atoms. The van der Waals surface area contributed by atoms with E-state index in [1.807, 2.05) is 48.2 Å². The minimum absolute atomic E-state index is 0.0394. The van der Waals surface area contributed by atoms with Crippen molar-refractivity contribution in [1.82, 2.24) is 20.2 Å². The monoisotopic (exact) mass is 422 g/mol. The number of rotatable bonds is 5. The summed E-state index contributed by atoms with van der Waals surface area (Å²) in [5.41, 5.74) is 1.95. The Hall–Kier alpha value is -2.67. The van der Waals surface area contributed by atoms with Crippen LogP contribution in [0.4, 0.5) is 0 Å². The van der Waals surface area contributed by atoms with Gasteiger partial charge < -0.3 is 15.2 Å². The first kappa shape index (κ1) is 19.3. The number of hydrogen-bond acceptors (Lipinski definition) is 4. The highest BCUT2D eigenvalue weighted by molar-refractivity contribution is 7.14. The molecule has 2 fully saturated rings. The predicted molar refractivity (Wildman–Crippen MR) is 118 cm³/mol. The van der Waals surface area contributed by atoms with Gasteiger partial charge in [0.15, 0.2) is 0 Å². The van der Waals surface area contributed by atoms with Crippen molar-refractivity contribution in [1.29, 1.82) is 0 Å². The quantitative estimate of drug-likeness (QED) is 0.646. The fraction of sp³-hybridized carbons (Fsp3) is 0.435. The molecule has 0 radical (unpaired) electrons. The van der Waals surface area contributed by atoms with E-state index < -0.39 is 0 Å². The van der Waals surface area contributed by atoms with Gasteiger partial charge in [0.25, 0.3) is 5.91 Å². The molecule has 1 saturated heterocycles. The van der Waals surface area contributed by atoms with E-state index in [1.165, 1.54) is 17.8 Å². The van der Waals surface area contributed by atoms with E-state index in [1.54, 1.807) is 0 Å². The Kier molecular flexibility index (Phi) is 5.06. The van der Waals surface area contributed by atoms with Crippen molar-refractivity contribution < 1.29 is 9.59 Å². The average molecular weight is 423 g/mol. The van der Waals surface area contributed by atoms with Crippen molar-refractivity contribution in [2.45, 2.75) is 44.6 Å². The summed E-state index contributed by atoms with van der Waals surface area (Å²) in [5.74, 6) is 1.20. The molecule has 6 nitrogen and oxygen atoms in total. The zero-order valence-electron chi connectivity index (χ0n) is 17.1. The minimum atomic E-state index is -0.109. The number of nitrogens with zero attached hydrogens (tertiary/aromatic N) is 2. The zero-order chi connectivity index (χ0) is 20.7. The van der Waals surface area contributed by atoms with Crippen molar-refractivity contribution in [3.05, 3.63) is 52.0 Å². The summed E-state index contributed by atoms with van der Waals surface area (Å²) in [6.45, 7) is 3.68. The molecule has 3 aromatic rings. The molecule has 5 rings (SSSR count). The van der Waals surface area contributed by atoms with Crippen LogP contribution in [0.5, 0.6) is 0 Å². The van der Waals surface area contributed by atoms with E-state index in [0.717, 1.165) is 59.0 Å². The number of carbonyl (C=O) groups is 2. The smallest absolute Gasteiger partial charge is 0.263 e. The van der Waals surface area contributed by atoms with Crippen molar-refractivity contribution in [3.8, 4) is 0 Å². The summed E-state index contributed by atoms with van der Waals surface area (Å²) in [7, 11) is 0. The van der Waals surface area contributed by atoms with E-state index in [0.29, 0.717) is 0 Å². The molecular formula is C23H26N4O2S. The van der Waals surface area contributed by atoms with Crippen molar-refractivity contribution in [2.75, 3.05) is 13.1 Å².